The Labute approximate surface area is 138 Å². The summed E-state index contributed by atoms with van der Waals surface area (Å²) in [5, 5.41) is 3.15. The van der Waals surface area contributed by atoms with Crippen LogP contribution in [0.25, 0.3) is 0 Å². The maximum absolute atomic E-state index is 12.2. The average molecular weight is 361 g/mol. The zero-order chi connectivity index (χ0) is 17.3. The molecule has 0 unspecified atom stereocenters. The molecule has 2 rings (SSSR count). The summed E-state index contributed by atoms with van der Waals surface area (Å²) >= 11 is 0. The number of sulfonamides is 1. The van der Waals surface area contributed by atoms with Crippen LogP contribution in [0.5, 0.6) is 0 Å². The quantitative estimate of drug-likeness (QED) is 0.730. The van der Waals surface area contributed by atoms with Crippen molar-refractivity contribution in [2.75, 3.05) is 24.6 Å². The van der Waals surface area contributed by atoms with E-state index < -0.39 is 25.4 Å². The van der Waals surface area contributed by atoms with E-state index in [2.05, 4.69) is 10.0 Å². The molecule has 8 heteroatoms. The van der Waals surface area contributed by atoms with Crippen LogP contribution < -0.4 is 10.0 Å². The Morgan fingerprint density at radius 2 is 1.87 bits per heavy atom. The summed E-state index contributed by atoms with van der Waals surface area (Å²) in [5.74, 6) is 0.286. The van der Waals surface area contributed by atoms with E-state index in [-0.39, 0.29) is 22.9 Å². The van der Waals surface area contributed by atoms with Crippen LogP contribution in [0.1, 0.15) is 24.5 Å². The number of nitrogens with one attached hydrogen (secondary N) is 2. The first kappa shape index (κ1) is 18.4. The van der Waals surface area contributed by atoms with E-state index in [4.69, 9.17) is 0 Å². The summed E-state index contributed by atoms with van der Waals surface area (Å²) < 4.78 is 50.1. The van der Waals surface area contributed by atoms with Gasteiger partial charge in [-0.15, -0.1) is 0 Å². The zero-order valence-electron chi connectivity index (χ0n) is 13.7. The van der Waals surface area contributed by atoms with Gasteiger partial charge in [0.15, 0.2) is 9.84 Å². The van der Waals surface area contributed by atoms with E-state index >= 15 is 0 Å². The highest BCUT2D eigenvalue weighted by atomic mass is 32.2. The van der Waals surface area contributed by atoms with Crippen LogP contribution in [0, 0.1) is 13.8 Å². The van der Waals surface area contributed by atoms with Gasteiger partial charge in [-0.1, -0.05) is 6.07 Å². The van der Waals surface area contributed by atoms with Crippen molar-refractivity contribution < 1.29 is 16.8 Å². The molecule has 6 nitrogen and oxygen atoms in total. The van der Waals surface area contributed by atoms with Crippen LogP contribution in [0.3, 0.4) is 0 Å². The molecule has 1 atom stereocenters. The van der Waals surface area contributed by atoms with Gasteiger partial charge < -0.3 is 5.32 Å². The van der Waals surface area contributed by atoms with Crippen LogP contribution in [0.4, 0.5) is 0 Å². The Morgan fingerprint density at radius 1 is 1.17 bits per heavy atom. The largest absolute Gasteiger partial charge is 0.309 e. The molecular formula is C15H24N2O4S2. The molecular weight excluding hydrogens is 336 g/mol. The molecule has 130 valence electrons. The van der Waals surface area contributed by atoms with Gasteiger partial charge in [0, 0.05) is 18.6 Å². The topological polar surface area (TPSA) is 92.3 Å². The monoisotopic (exact) mass is 360 g/mol. The maximum atomic E-state index is 12.2. The molecule has 1 aromatic carbocycles. The second-order valence-corrected chi connectivity index (χ2v) is 10.4. The van der Waals surface area contributed by atoms with E-state index in [1.807, 2.05) is 20.8 Å². The van der Waals surface area contributed by atoms with Crippen molar-refractivity contribution in [1.82, 2.24) is 10.0 Å². The van der Waals surface area contributed by atoms with Crippen molar-refractivity contribution in [1.29, 1.82) is 0 Å². The third-order valence-electron chi connectivity index (χ3n) is 4.26. The third-order valence-corrected chi connectivity index (χ3v) is 7.62. The highest BCUT2D eigenvalue weighted by Crippen LogP contribution is 2.22. The normalized spacial score (nSPS) is 24.0. The fraction of sp³-hybridized carbons (Fsp3) is 0.600. The molecule has 1 aromatic rings. The number of sulfone groups is 1. The van der Waals surface area contributed by atoms with Crippen molar-refractivity contribution in [3.8, 4) is 0 Å². The van der Waals surface area contributed by atoms with Crippen molar-refractivity contribution in [2.45, 2.75) is 37.6 Å². The minimum atomic E-state index is -3.55. The molecule has 0 bridgehead atoms. The molecule has 0 saturated carbocycles. The number of benzene rings is 1. The van der Waals surface area contributed by atoms with Crippen molar-refractivity contribution in [3.05, 3.63) is 29.3 Å². The van der Waals surface area contributed by atoms with Gasteiger partial charge in [0.2, 0.25) is 10.0 Å². The van der Waals surface area contributed by atoms with Crippen molar-refractivity contribution in [3.63, 3.8) is 0 Å². The van der Waals surface area contributed by atoms with Crippen LogP contribution in [-0.2, 0) is 19.9 Å². The molecule has 0 amide bonds. The molecule has 23 heavy (non-hydrogen) atoms. The molecule has 1 fully saturated rings. The summed E-state index contributed by atoms with van der Waals surface area (Å²) in [6.07, 6.45) is 0.555. The van der Waals surface area contributed by atoms with Gasteiger partial charge in [0.05, 0.1) is 16.4 Å². The van der Waals surface area contributed by atoms with Gasteiger partial charge in [-0.3, -0.25) is 0 Å². The molecule has 1 saturated heterocycles. The van der Waals surface area contributed by atoms with Gasteiger partial charge in [-0.25, -0.2) is 21.6 Å². The molecule has 1 aliphatic rings. The van der Waals surface area contributed by atoms with Gasteiger partial charge >= 0.3 is 0 Å². The molecule has 0 aliphatic carbocycles. The summed E-state index contributed by atoms with van der Waals surface area (Å²) in [6.45, 7) is 6.26. The first-order chi connectivity index (χ1) is 10.5. The van der Waals surface area contributed by atoms with E-state index in [1.165, 1.54) is 0 Å². The Balaban J connectivity index is 1.89. The second-order valence-electron chi connectivity index (χ2n) is 6.47. The number of hydrogen-bond donors (Lipinski definition) is 2. The average Bonchev–Trinajstić information content (AvgIpc) is 2.72. The van der Waals surface area contributed by atoms with Gasteiger partial charge in [-0.2, -0.15) is 0 Å². The number of rotatable bonds is 6. The summed E-state index contributed by atoms with van der Waals surface area (Å²) in [4.78, 5) is 0.246. The molecule has 0 spiro atoms. The Bertz CT molecular complexity index is 788. The predicted octanol–water partition coefficient (Wildman–Crippen LogP) is 0.749. The lowest BCUT2D eigenvalue weighted by atomic mass is 10.0. The fourth-order valence-corrected chi connectivity index (χ4v) is 5.90. The predicted molar refractivity (Wildman–Crippen MR) is 90.8 cm³/mol. The minimum absolute atomic E-state index is 0.101. The van der Waals surface area contributed by atoms with Gasteiger partial charge in [-0.05, 0) is 50.5 Å². The first-order valence-corrected chi connectivity index (χ1v) is 10.9. The van der Waals surface area contributed by atoms with Crippen LogP contribution in [0.2, 0.25) is 0 Å². The van der Waals surface area contributed by atoms with E-state index in [1.54, 1.807) is 18.2 Å². The highest BCUT2D eigenvalue weighted by molar-refractivity contribution is 7.91. The summed E-state index contributed by atoms with van der Waals surface area (Å²) in [6, 6.07) is 5.02. The van der Waals surface area contributed by atoms with Gasteiger partial charge in [0.1, 0.15) is 0 Å². The number of hydrogen-bond acceptors (Lipinski definition) is 5. The lowest BCUT2D eigenvalue weighted by Gasteiger charge is -2.24. The van der Waals surface area contributed by atoms with E-state index in [0.717, 1.165) is 11.1 Å². The minimum Gasteiger partial charge on any atom is -0.309 e. The van der Waals surface area contributed by atoms with Crippen molar-refractivity contribution in [2.24, 2.45) is 0 Å². The smallest absolute Gasteiger partial charge is 0.240 e. The van der Waals surface area contributed by atoms with Gasteiger partial charge in [0.25, 0.3) is 0 Å². The Morgan fingerprint density at radius 3 is 2.43 bits per heavy atom. The molecule has 0 radical (unpaired) electrons. The molecule has 0 aromatic heterocycles. The molecule has 1 heterocycles. The highest BCUT2D eigenvalue weighted by Gasteiger charge is 2.37. The zero-order valence-corrected chi connectivity index (χ0v) is 15.4. The molecule has 2 N–H and O–H groups in total. The lowest BCUT2D eigenvalue weighted by Crippen LogP contribution is -2.46. The van der Waals surface area contributed by atoms with Crippen molar-refractivity contribution >= 4 is 19.9 Å². The van der Waals surface area contributed by atoms with E-state index in [0.29, 0.717) is 13.0 Å². The third kappa shape index (κ3) is 4.76. The summed E-state index contributed by atoms with van der Waals surface area (Å²) in [7, 11) is -6.52. The number of aryl methyl sites for hydroxylation is 2. The lowest BCUT2D eigenvalue weighted by molar-refractivity contribution is 0.400. The van der Waals surface area contributed by atoms with Crippen LogP contribution >= 0.6 is 0 Å². The SMILES string of the molecule is Cc1ccc(S(=O)(=O)NCCN[C@]2(C)CCS(=O)(=O)C2)cc1C. The Kier molecular flexibility index (Phi) is 5.20. The van der Waals surface area contributed by atoms with E-state index in [9.17, 15) is 16.8 Å². The fourth-order valence-electron chi connectivity index (χ4n) is 2.66. The maximum Gasteiger partial charge on any atom is 0.240 e. The van der Waals surface area contributed by atoms with Crippen LogP contribution in [-0.4, -0.2) is 47.0 Å². The van der Waals surface area contributed by atoms with Crippen LogP contribution in [0.15, 0.2) is 23.1 Å². The standard InChI is InChI=1S/C15H24N2O4S2/c1-12-4-5-14(10-13(12)2)23(20,21)17-8-7-16-15(3)6-9-22(18,19)11-15/h4-5,10,16-17H,6-9,11H2,1-3H3/t15-/m1/s1. The molecule has 1 aliphatic heterocycles. The summed E-state index contributed by atoms with van der Waals surface area (Å²) in [5.41, 5.74) is 1.50. The second kappa shape index (κ2) is 6.51. The first-order valence-electron chi connectivity index (χ1n) is 7.55. The Hall–Kier alpha value is -0.960.